The maximum atomic E-state index is 11.8. The number of fused-ring (bicyclic) bond motifs is 1. The number of carbonyl (C=O) groups is 2. The number of nitrogens with one attached hydrogen (secondary N) is 1. The quantitative estimate of drug-likeness (QED) is 0.516. The molecule has 78 valence electrons. The van der Waals surface area contributed by atoms with Crippen LogP contribution in [0, 0.1) is 0 Å². The van der Waals surface area contributed by atoms with Crippen molar-refractivity contribution >= 4 is 11.8 Å². The maximum Gasteiger partial charge on any atom is 0.248 e. The second kappa shape index (κ2) is 2.70. The van der Waals surface area contributed by atoms with E-state index in [-0.39, 0.29) is 18.4 Å². The zero-order chi connectivity index (χ0) is 10.5. The van der Waals surface area contributed by atoms with Crippen LogP contribution in [0.25, 0.3) is 0 Å². The third-order valence-corrected chi connectivity index (χ3v) is 2.81. The molecule has 2 aliphatic heterocycles. The molecule has 5 heteroatoms. The van der Waals surface area contributed by atoms with Gasteiger partial charge in [-0.05, 0) is 13.8 Å². The van der Waals surface area contributed by atoms with E-state index in [1.807, 2.05) is 0 Å². The predicted molar refractivity (Wildman–Crippen MR) is 48.3 cm³/mol. The first-order chi connectivity index (χ1) is 6.42. The topological polar surface area (TPSA) is 69.6 Å². The highest BCUT2D eigenvalue weighted by atomic mass is 16.3. The monoisotopic (exact) mass is 198 g/mol. The lowest BCUT2D eigenvalue weighted by atomic mass is 9.98. The fourth-order valence-electron chi connectivity index (χ4n) is 2.09. The Kier molecular flexibility index (Phi) is 1.82. The van der Waals surface area contributed by atoms with Gasteiger partial charge in [-0.3, -0.25) is 9.59 Å². The highest BCUT2D eigenvalue weighted by Crippen LogP contribution is 2.26. The van der Waals surface area contributed by atoms with Crippen LogP contribution in [0.1, 0.15) is 20.3 Å². The summed E-state index contributed by atoms with van der Waals surface area (Å²) in [5.74, 6) is -0.273. The lowest BCUT2D eigenvalue weighted by Gasteiger charge is -2.39. The lowest BCUT2D eigenvalue weighted by Crippen LogP contribution is -2.66. The van der Waals surface area contributed by atoms with Gasteiger partial charge in [-0.2, -0.15) is 0 Å². The zero-order valence-corrected chi connectivity index (χ0v) is 8.28. The van der Waals surface area contributed by atoms with Crippen LogP contribution in [0.4, 0.5) is 0 Å². The predicted octanol–water partition coefficient (Wildman–Crippen LogP) is -1.14. The molecule has 2 fully saturated rings. The molecule has 0 spiro atoms. The molecule has 2 heterocycles. The Hall–Kier alpha value is -1.10. The van der Waals surface area contributed by atoms with Gasteiger partial charge in [0.1, 0.15) is 11.6 Å². The number of rotatable bonds is 0. The van der Waals surface area contributed by atoms with Crippen LogP contribution in [0.5, 0.6) is 0 Å². The molecule has 14 heavy (non-hydrogen) atoms. The van der Waals surface area contributed by atoms with Crippen molar-refractivity contribution in [3.8, 4) is 0 Å². The Morgan fingerprint density at radius 3 is 2.79 bits per heavy atom. The lowest BCUT2D eigenvalue weighted by molar-refractivity contribution is -0.151. The Labute approximate surface area is 82.1 Å². The summed E-state index contributed by atoms with van der Waals surface area (Å²) in [5.41, 5.74) is -0.836. The van der Waals surface area contributed by atoms with Crippen molar-refractivity contribution in [2.24, 2.45) is 0 Å². The highest BCUT2D eigenvalue weighted by molar-refractivity contribution is 5.99. The average Bonchev–Trinajstić information content (AvgIpc) is 2.43. The molecule has 2 saturated heterocycles. The van der Waals surface area contributed by atoms with Crippen LogP contribution in [-0.4, -0.2) is 46.1 Å². The minimum absolute atomic E-state index is 0.112. The van der Waals surface area contributed by atoms with E-state index >= 15 is 0 Å². The van der Waals surface area contributed by atoms with E-state index < -0.39 is 17.7 Å². The molecule has 0 bridgehead atoms. The minimum atomic E-state index is -0.836. The van der Waals surface area contributed by atoms with Crippen molar-refractivity contribution in [3.05, 3.63) is 0 Å². The van der Waals surface area contributed by atoms with Crippen LogP contribution in [0.3, 0.4) is 0 Å². The summed E-state index contributed by atoms with van der Waals surface area (Å²) in [7, 11) is 0. The number of aliphatic hydroxyl groups excluding tert-OH is 1. The summed E-state index contributed by atoms with van der Waals surface area (Å²) in [6.45, 7) is 3.63. The van der Waals surface area contributed by atoms with Crippen LogP contribution in [0.2, 0.25) is 0 Å². The summed E-state index contributed by atoms with van der Waals surface area (Å²) >= 11 is 0. The molecule has 5 nitrogen and oxygen atoms in total. The van der Waals surface area contributed by atoms with Crippen molar-refractivity contribution < 1.29 is 14.7 Å². The number of carbonyl (C=O) groups excluding carboxylic acids is 2. The van der Waals surface area contributed by atoms with E-state index in [1.165, 1.54) is 4.90 Å². The Morgan fingerprint density at radius 1 is 1.50 bits per heavy atom. The van der Waals surface area contributed by atoms with Crippen molar-refractivity contribution in [2.75, 3.05) is 6.54 Å². The molecule has 0 unspecified atom stereocenters. The van der Waals surface area contributed by atoms with Gasteiger partial charge in [0.25, 0.3) is 0 Å². The number of amides is 2. The van der Waals surface area contributed by atoms with Gasteiger partial charge < -0.3 is 15.3 Å². The summed E-state index contributed by atoms with van der Waals surface area (Å²) in [5, 5.41) is 12.0. The largest absolute Gasteiger partial charge is 0.391 e. The van der Waals surface area contributed by atoms with E-state index in [4.69, 9.17) is 0 Å². The smallest absolute Gasteiger partial charge is 0.248 e. The molecule has 2 N–H and O–H groups in total. The van der Waals surface area contributed by atoms with Crippen molar-refractivity contribution in [2.45, 2.75) is 38.0 Å². The van der Waals surface area contributed by atoms with Gasteiger partial charge in [0.15, 0.2) is 0 Å². The Balaban J connectivity index is 2.29. The molecule has 0 saturated carbocycles. The van der Waals surface area contributed by atoms with Crippen molar-refractivity contribution in [1.29, 1.82) is 0 Å². The van der Waals surface area contributed by atoms with E-state index in [9.17, 15) is 14.7 Å². The molecule has 0 aromatic rings. The Morgan fingerprint density at radius 2 is 2.14 bits per heavy atom. The first kappa shape index (κ1) is 9.45. The molecule has 0 aromatic carbocycles. The van der Waals surface area contributed by atoms with E-state index in [1.54, 1.807) is 13.8 Å². The van der Waals surface area contributed by atoms with Gasteiger partial charge in [0.05, 0.1) is 6.10 Å². The highest BCUT2D eigenvalue weighted by Gasteiger charge is 2.49. The summed E-state index contributed by atoms with van der Waals surface area (Å²) in [6, 6.07) is -0.467. The molecule has 0 aromatic heterocycles. The third kappa shape index (κ3) is 1.19. The first-order valence-corrected chi connectivity index (χ1v) is 4.73. The summed E-state index contributed by atoms with van der Waals surface area (Å²) in [4.78, 5) is 24.9. The normalized spacial score (nSPS) is 35.5. The Bertz CT molecular complexity index is 300. The number of aliphatic hydroxyl groups is 1. The molecular weight excluding hydrogens is 184 g/mol. The fraction of sp³-hybridized carbons (Fsp3) is 0.778. The molecule has 0 aliphatic carbocycles. The van der Waals surface area contributed by atoms with Crippen LogP contribution >= 0.6 is 0 Å². The third-order valence-electron chi connectivity index (χ3n) is 2.81. The fourth-order valence-corrected chi connectivity index (χ4v) is 2.09. The molecule has 2 amide bonds. The van der Waals surface area contributed by atoms with Crippen molar-refractivity contribution in [3.63, 3.8) is 0 Å². The molecule has 2 atom stereocenters. The van der Waals surface area contributed by atoms with Gasteiger partial charge in [0.2, 0.25) is 11.8 Å². The molecule has 2 rings (SSSR count). The van der Waals surface area contributed by atoms with Gasteiger partial charge in [0, 0.05) is 13.0 Å². The number of piperazine rings is 1. The molecule has 0 radical (unpaired) electrons. The zero-order valence-electron chi connectivity index (χ0n) is 8.28. The van der Waals surface area contributed by atoms with Crippen molar-refractivity contribution in [1.82, 2.24) is 10.2 Å². The van der Waals surface area contributed by atoms with Gasteiger partial charge in [-0.1, -0.05) is 0 Å². The standard InChI is InChI=1S/C9H14N2O3/c1-9(2)8(14)11-4-5(12)3-6(11)7(13)10-9/h5-6,12H,3-4H2,1-2H3,(H,10,13)/t5-,6-/m0/s1. The number of nitrogens with zero attached hydrogens (tertiary/aromatic N) is 1. The first-order valence-electron chi connectivity index (χ1n) is 4.73. The van der Waals surface area contributed by atoms with Crippen LogP contribution in [-0.2, 0) is 9.59 Å². The molecular formula is C9H14N2O3. The van der Waals surface area contributed by atoms with E-state index in [0.717, 1.165) is 0 Å². The van der Waals surface area contributed by atoms with Crippen LogP contribution < -0.4 is 5.32 Å². The average molecular weight is 198 g/mol. The SMILES string of the molecule is CC1(C)NC(=O)[C@@H]2C[C@H](O)CN2C1=O. The van der Waals surface area contributed by atoms with Crippen LogP contribution in [0.15, 0.2) is 0 Å². The second-order valence-electron chi connectivity index (χ2n) is 4.48. The summed E-state index contributed by atoms with van der Waals surface area (Å²) in [6.07, 6.45) is -0.211. The minimum Gasteiger partial charge on any atom is -0.391 e. The molecule has 2 aliphatic rings. The summed E-state index contributed by atoms with van der Waals surface area (Å²) < 4.78 is 0. The maximum absolute atomic E-state index is 11.8. The van der Waals surface area contributed by atoms with Gasteiger partial charge in [-0.25, -0.2) is 0 Å². The van der Waals surface area contributed by atoms with Gasteiger partial charge in [-0.15, -0.1) is 0 Å². The second-order valence-corrected chi connectivity index (χ2v) is 4.48. The van der Waals surface area contributed by atoms with E-state index in [2.05, 4.69) is 5.32 Å². The van der Waals surface area contributed by atoms with E-state index in [0.29, 0.717) is 6.42 Å². The number of hydrogen-bond acceptors (Lipinski definition) is 3. The number of hydrogen-bond donors (Lipinski definition) is 2. The van der Waals surface area contributed by atoms with Gasteiger partial charge >= 0.3 is 0 Å².